The number of benzene rings is 3. The number of carbonyl (C=O) groups is 1. The van der Waals surface area contributed by atoms with Gasteiger partial charge in [-0.3, -0.25) is 4.79 Å². The van der Waals surface area contributed by atoms with Gasteiger partial charge in [-0.2, -0.15) is 0 Å². The summed E-state index contributed by atoms with van der Waals surface area (Å²) in [7, 11) is 1.00. The van der Waals surface area contributed by atoms with Crippen LogP contribution in [-0.2, 0) is 0 Å². The molecule has 1 N–H and O–H groups in total. The van der Waals surface area contributed by atoms with Crippen molar-refractivity contribution in [2.45, 2.75) is 25.2 Å². The van der Waals surface area contributed by atoms with E-state index >= 15 is 0 Å². The Labute approximate surface area is 195 Å². The number of hydrogen-bond donors (Lipinski definition) is 1. The zero-order valence-corrected chi connectivity index (χ0v) is 19.3. The second-order valence-electron chi connectivity index (χ2n) is 9.06. The molecule has 0 unspecified atom stereocenters. The van der Waals surface area contributed by atoms with Gasteiger partial charge in [-0.05, 0) is 78.7 Å². The van der Waals surface area contributed by atoms with Crippen molar-refractivity contribution in [2.75, 3.05) is 39.8 Å². The largest absolute Gasteiger partial charge is 0.400 e. The van der Waals surface area contributed by atoms with Gasteiger partial charge in [-0.15, -0.1) is 0 Å². The summed E-state index contributed by atoms with van der Waals surface area (Å²) in [5.41, 5.74) is 2.08. The van der Waals surface area contributed by atoms with Gasteiger partial charge in [-0.25, -0.2) is 4.39 Å². The molecule has 2 saturated heterocycles. The maximum Gasteiger partial charge on any atom is 0.254 e. The molecule has 1 atom stereocenters. The number of aliphatic hydroxyl groups excluding tert-OH is 1. The highest BCUT2D eigenvalue weighted by Crippen LogP contribution is 2.30. The lowest BCUT2D eigenvalue weighted by Gasteiger charge is -2.33. The van der Waals surface area contributed by atoms with Crippen molar-refractivity contribution in [2.24, 2.45) is 5.92 Å². The average Bonchev–Trinajstić information content (AvgIpc) is 3.34. The van der Waals surface area contributed by atoms with Crippen molar-refractivity contribution in [1.29, 1.82) is 0 Å². The highest BCUT2D eigenvalue weighted by atomic mass is 19.1. The molecule has 0 aromatic heterocycles. The molecule has 2 aliphatic heterocycles. The number of amides is 1. The van der Waals surface area contributed by atoms with Crippen LogP contribution in [0.4, 0.5) is 4.39 Å². The molecule has 2 aliphatic rings. The number of fused-ring (bicyclic) bond motifs is 1. The standard InChI is InChI=1S/C27H29FN2O.CH4O/c28-24-10-8-21(9-11-24)22-13-15-29(16-14-22)18-20-12-17-30(19-20)27(31)26-7-3-5-23-4-1-2-6-25(23)26;1-2/h1-11,20,22H,12-19H2;2H,1H3/t20-;/m1./s1. The van der Waals surface area contributed by atoms with Crippen molar-refractivity contribution < 1.29 is 14.3 Å². The molecule has 0 saturated carbocycles. The zero-order valence-electron chi connectivity index (χ0n) is 19.3. The van der Waals surface area contributed by atoms with E-state index in [0.29, 0.717) is 11.8 Å². The van der Waals surface area contributed by atoms with Gasteiger partial charge in [0.15, 0.2) is 0 Å². The fourth-order valence-electron chi connectivity index (χ4n) is 5.30. The number of aliphatic hydroxyl groups is 1. The van der Waals surface area contributed by atoms with E-state index in [2.05, 4.69) is 17.0 Å². The Hall–Kier alpha value is -2.76. The molecule has 174 valence electrons. The van der Waals surface area contributed by atoms with Crippen LogP contribution in [0.5, 0.6) is 0 Å². The molecular formula is C28H33FN2O2. The molecule has 0 radical (unpaired) electrons. The third kappa shape index (κ3) is 5.43. The van der Waals surface area contributed by atoms with Crippen LogP contribution < -0.4 is 0 Å². The minimum atomic E-state index is -0.162. The van der Waals surface area contributed by atoms with E-state index in [0.717, 1.165) is 75.4 Å². The van der Waals surface area contributed by atoms with E-state index in [1.54, 1.807) is 12.1 Å². The van der Waals surface area contributed by atoms with Crippen molar-refractivity contribution >= 4 is 16.7 Å². The molecule has 0 aliphatic carbocycles. The first-order chi connectivity index (χ1) is 16.2. The van der Waals surface area contributed by atoms with Gasteiger partial charge in [0, 0.05) is 32.3 Å². The summed E-state index contributed by atoms with van der Waals surface area (Å²) in [5.74, 6) is 1.07. The van der Waals surface area contributed by atoms with E-state index in [4.69, 9.17) is 5.11 Å². The van der Waals surface area contributed by atoms with Crippen LogP contribution in [0, 0.1) is 11.7 Å². The second kappa shape index (κ2) is 10.9. The third-order valence-corrected chi connectivity index (χ3v) is 7.04. The monoisotopic (exact) mass is 448 g/mol. The average molecular weight is 449 g/mol. The van der Waals surface area contributed by atoms with Crippen LogP contribution in [0.15, 0.2) is 66.7 Å². The first-order valence-electron chi connectivity index (χ1n) is 11.9. The SMILES string of the molecule is CO.O=C(c1cccc2ccccc12)N1CC[C@H](CN2CCC(c3ccc(F)cc3)CC2)C1. The first-order valence-corrected chi connectivity index (χ1v) is 11.9. The van der Waals surface area contributed by atoms with Crippen molar-refractivity contribution in [3.05, 3.63) is 83.7 Å². The number of likely N-dealkylation sites (tertiary alicyclic amines) is 2. The van der Waals surface area contributed by atoms with Crippen LogP contribution in [0.25, 0.3) is 10.8 Å². The molecule has 2 fully saturated rings. The van der Waals surface area contributed by atoms with Crippen molar-refractivity contribution in [3.8, 4) is 0 Å². The minimum absolute atomic E-state index is 0.161. The van der Waals surface area contributed by atoms with Gasteiger partial charge in [0.25, 0.3) is 5.91 Å². The summed E-state index contributed by atoms with van der Waals surface area (Å²) in [6.45, 7) is 4.92. The van der Waals surface area contributed by atoms with Crippen LogP contribution in [0.2, 0.25) is 0 Å². The maximum absolute atomic E-state index is 13.2. The number of nitrogens with zero attached hydrogens (tertiary/aromatic N) is 2. The minimum Gasteiger partial charge on any atom is -0.400 e. The Bertz CT molecular complexity index is 1060. The van der Waals surface area contributed by atoms with Crippen LogP contribution in [-0.4, -0.2) is 60.6 Å². The Morgan fingerprint density at radius 2 is 1.61 bits per heavy atom. The Morgan fingerprint density at radius 3 is 2.36 bits per heavy atom. The summed E-state index contributed by atoms with van der Waals surface area (Å²) < 4.78 is 13.2. The van der Waals surface area contributed by atoms with Gasteiger partial charge in [0.2, 0.25) is 0 Å². The Balaban J connectivity index is 0.00000126. The lowest BCUT2D eigenvalue weighted by molar-refractivity contribution is 0.0784. The second-order valence-corrected chi connectivity index (χ2v) is 9.06. The summed E-state index contributed by atoms with van der Waals surface area (Å²) in [5, 5.41) is 9.16. The number of rotatable bonds is 4. The molecule has 1 amide bonds. The molecule has 0 spiro atoms. The summed E-state index contributed by atoms with van der Waals surface area (Å²) in [6, 6.07) is 21.1. The topological polar surface area (TPSA) is 43.8 Å². The molecule has 5 rings (SSSR count). The number of piperidine rings is 1. The third-order valence-electron chi connectivity index (χ3n) is 7.04. The van der Waals surface area contributed by atoms with Gasteiger partial charge in [-0.1, -0.05) is 48.5 Å². The Morgan fingerprint density at radius 1 is 0.909 bits per heavy atom. The molecule has 33 heavy (non-hydrogen) atoms. The molecule has 2 heterocycles. The van der Waals surface area contributed by atoms with Gasteiger partial charge < -0.3 is 14.9 Å². The lowest BCUT2D eigenvalue weighted by atomic mass is 9.89. The van der Waals surface area contributed by atoms with E-state index in [-0.39, 0.29) is 11.7 Å². The van der Waals surface area contributed by atoms with E-state index < -0.39 is 0 Å². The molecule has 3 aromatic carbocycles. The number of carbonyl (C=O) groups excluding carboxylic acids is 1. The molecule has 4 nitrogen and oxygen atoms in total. The molecule has 3 aromatic rings. The quantitative estimate of drug-likeness (QED) is 0.616. The lowest BCUT2D eigenvalue weighted by Crippen LogP contribution is -2.37. The van der Waals surface area contributed by atoms with Gasteiger partial charge in [0.1, 0.15) is 5.82 Å². The number of hydrogen-bond acceptors (Lipinski definition) is 3. The van der Waals surface area contributed by atoms with Gasteiger partial charge >= 0.3 is 0 Å². The highest BCUT2D eigenvalue weighted by Gasteiger charge is 2.30. The van der Waals surface area contributed by atoms with Crippen molar-refractivity contribution in [1.82, 2.24) is 9.80 Å². The summed E-state index contributed by atoms with van der Waals surface area (Å²) in [4.78, 5) is 17.8. The van der Waals surface area contributed by atoms with E-state index in [9.17, 15) is 9.18 Å². The predicted octanol–water partition coefficient (Wildman–Crippen LogP) is 4.93. The predicted molar refractivity (Wildman–Crippen MR) is 131 cm³/mol. The molecular weight excluding hydrogens is 415 g/mol. The zero-order chi connectivity index (χ0) is 23.2. The van der Waals surface area contributed by atoms with Crippen LogP contribution in [0.3, 0.4) is 0 Å². The fourth-order valence-corrected chi connectivity index (χ4v) is 5.30. The maximum atomic E-state index is 13.2. The summed E-state index contributed by atoms with van der Waals surface area (Å²) in [6.07, 6.45) is 3.32. The summed E-state index contributed by atoms with van der Waals surface area (Å²) >= 11 is 0. The smallest absolute Gasteiger partial charge is 0.254 e. The fraction of sp³-hybridized carbons (Fsp3) is 0.393. The molecule has 5 heteroatoms. The number of halogens is 1. The van der Waals surface area contributed by atoms with E-state index in [1.807, 2.05) is 47.4 Å². The first kappa shape index (κ1) is 23.4. The normalized spacial score (nSPS) is 19.4. The van der Waals surface area contributed by atoms with Gasteiger partial charge in [0.05, 0.1) is 0 Å². The van der Waals surface area contributed by atoms with Crippen molar-refractivity contribution in [3.63, 3.8) is 0 Å². The highest BCUT2D eigenvalue weighted by molar-refractivity contribution is 6.07. The van der Waals surface area contributed by atoms with Crippen LogP contribution >= 0.6 is 0 Å². The Kier molecular flexibility index (Phi) is 7.73. The van der Waals surface area contributed by atoms with Crippen LogP contribution in [0.1, 0.15) is 41.1 Å². The molecule has 0 bridgehead atoms. The van der Waals surface area contributed by atoms with E-state index in [1.165, 1.54) is 5.56 Å².